The number of hydrogen-bond donors (Lipinski definition) is 0. The highest BCUT2D eigenvalue weighted by atomic mass is 16.7. The predicted octanol–water partition coefficient (Wildman–Crippen LogP) is 6.57. The Morgan fingerprint density at radius 3 is 2.18 bits per heavy atom. The van der Waals surface area contributed by atoms with Gasteiger partial charge in [0, 0.05) is 24.7 Å². The van der Waals surface area contributed by atoms with Crippen LogP contribution in [0, 0.1) is 18.3 Å². The zero-order chi connectivity index (χ0) is 27.5. The van der Waals surface area contributed by atoms with Crippen LogP contribution in [0.3, 0.4) is 0 Å². The molecule has 0 N–H and O–H groups in total. The number of methoxy groups -OCH3 is 1. The second-order valence-electron chi connectivity index (χ2n) is 10.5. The van der Waals surface area contributed by atoms with E-state index in [0.717, 1.165) is 70.6 Å². The van der Waals surface area contributed by atoms with E-state index in [9.17, 15) is 9.59 Å². The highest BCUT2D eigenvalue weighted by Crippen LogP contribution is 2.29. The van der Waals surface area contributed by atoms with Gasteiger partial charge in [0.05, 0.1) is 18.6 Å². The molecule has 3 saturated carbocycles. The van der Waals surface area contributed by atoms with E-state index >= 15 is 0 Å². The summed E-state index contributed by atoms with van der Waals surface area (Å²) < 4.78 is 23.1. The molecule has 7 heteroatoms. The molecule has 0 bridgehead atoms. The van der Waals surface area contributed by atoms with Crippen molar-refractivity contribution in [2.45, 2.75) is 96.1 Å². The maximum atomic E-state index is 12.9. The minimum atomic E-state index is -0.398. The van der Waals surface area contributed by atoms with Crippen LogP contribution in [-0.4, -0.2) is 49.9 Å². The number of carbonyl (C=O) groups is 2. The van der Waals surface area contributed by atoms with E-state index in [1.54, 1.807) is 31.0 Å². The number of carbonyl (C=O) groups excluding carboxylic acids is 2. The Hall–Kier alpha value is -3.14. The average molecular weight is 526 g/mol. The van der Waals surface area contributed by atoms with E-state index in [-0.39, 0.29) is 36.6 Å². The quantitative estimate of drug-likeness (QED) is 0.131. The third-order valence-corrected chi connectivity index (χ3v) is 7.48. The van der Waals surface area contributed by atoms with E-state index in [1.807, 2.05) is 0 Å². The number of terminal acetylenes is 1. The minimum Gasteiger partial charge on any atom is -0.495 e. The maximum absolute atomic E-state index is 12.9. The molecule has 3 aliphatic carbocycles. The van der Waals surface area contributed by atoms with Crippen LogP contribution in [0.5, 0.6) is 0 Å². The molecule has 3 rings (SSSR count). The third kappa shape index (κ3) is 8.72. The van der Waals surface area contributed by atoms with Gasteiger partial charge in [-0.05, 0) is 69.9 Å². The van der Waals surface area contributed by atoms with Gasteiger partial charge >= 0.3 is 12.1 Å². The molecule has 0 atom stereocenters. The minimum absolute atomic E-state index is 0.00290. The van der Waals surface area contributed by atoms with E-state index in [2.05, 4.69) is 12.5 Å². The number of hydrogen-bond acceptors (Lipinski definition) is 6. The van der Waals surface area contributed by atoms with Crippen LogP contribution in [0.15, 0.2) is 47.2 Å². The molecule has 1 amide bonds. The van der Waals surface area contributed by atoms with Crippen molar-refractivity contribution >= 4 is 12.1 Å². The zero-order valence-corrected chi connectivity index (χ0v) is 23.3. The molecule has 3 aliphatic rings. The molecule has 38 heavy (non-hydrogen) atoms. The number of amides is 1. The Morgan fingerprint density at radius 2 is 1.63 bits per heavy atom. The van der Waals surface area contributed by atoms with Crippen molar-refractivity contribution < 1.29 is 28.5 Å². The van der Waals surface area contributed by atoms with Crippen LogP contribution in [0.1, 0.15) is 84.0 Å². The van der Waals surface area contributed by atoms with Gasteiger partial charge in [-0.1, -0.05) is 38.2 Å². The average Bonchev–Trinajstić information content (AvgIpc) is 3.78. The second kappa shape index (κ2) is 14.7. The smallest absolute Gasteiger partial charge is 0.410 e. The standard InChI is InChI=1S/C31H43NO6/c1-6-23(29(35-5)27(22(2)3)21-36-31(34)32(4)25-18-19-25)17-20-28(37-26-15-11-8-12-16-26)38-30(33)24-13-9-7-10-14-24/h1,17,20,24-26H,2,7-16,18-19,21H2,3-5H3/b23-17+,28-20-,29-27-. The fourth-order valence-electron chi connectivity index (χ4n) is 4.93. The van der Waals surface area contributed by atoms with Crippen molar-refractivity contribution in [3.63, 3.8) is 0 Å². The largest absolute Gasteiger partial charge is 0.495 e. The van der Waals surface area contributed by atoms with E-state index in [4.69, 9.17) is 25.4 Å². The van der Waals surface area contributed by atoms with Gasteiger partial charge in [0.1, 0.15) is 18.5 Å². The van der Waals surface area contributed by atoms with Crippen molar-refractivity contribution in [2.75, 3.05) is 20.8 Å². The summed E-state index contributed by atoms with van der Waals surface area (Å²) in [6, 6.07) is 0.242. The number of rotatable bonds is 11. The lowest BCUT2D eigenvalue weighted by molar-refractivity contribution is -0.153. The summed E-state index contributed by atoms with van der Waals surface area (Å²) >= 11 is 0. The van der Waals surface area contributed by atoms with Gasteiger partial charge < -0.3 is 23.8 Å². The molecule has 0 unspecified atom stereocenters. The third-order valence-electron chi connectivity index (χ3n) is 7.48. The first-order chi connectivity index (χ1) is 18.3. The summed E-state index contributed by atoms with van der Waals surface area (Å²) in [6.07, 6.45) is 20.8. The van der Waals surface area contributed by atoms with Crippen molar-refractivity contribution in [3.8, 4) is 12.3 Å². The Bertz CT molecular complexity index is 984. The molecule has 0 saturated heterocycles. The van der Waals surface area contributed by atoms with Gasteiger partial charge in [-0.2, -0.15) is 0 Å². The summed E-state index contributed by atoms with van der Waals surface area (Å²) in [6.45, 7) is 5.80. The molecule has 0 radical (unpaired) electrons. The summed E-state index contributed by atoms with van der Waals surface area (Å²) in [4.78, 5) is 26.9. The number of ether oxygens (including phenoxy) is 4. The fraction of sp³-hybridized carbons (Fsp3) is 0.613. The predicted molar refractivity (Wildman–Crippen MR) is 147 cm³/mol. The van der Waals surface area contributed by atoms with Gasteiger partial charge in [-0.25, -0.2) is 4.79 Å². The Labute approximate surface area is 227 Å². The molecule has 0 aromatic heterocycles. The summed E-state index contributed by atoms with van der Waals surface area (Å²) in [5.74, 6) is 2.82. The van der Waals surface area contributed by atoms with Crippen molar-refractivity contribution in [2.24, 2.45) is 5.92 Å². The summed E-state index contributed by atoms with van der Waals surface area (Å²) in [5.41, 5.74) is 1.64. The molecule has 3 fully saturated rings. The number of allylic oxidation sites excluding steroid dienone is 3. The lowest BCUT2D eigenvalue weighted by atomic mass is 9.89. The normalized spacial score (nSPS) is 20.1. The molecule has 0 spiro atoms. The van der Waals surface area contributed by atoms with E-state index in [1.165, 1.54) is 13.5 Å². The van der Waals surface area contributed by atoms with Gasteiger partial charge in [0.25, 0.3) is 5.95 Å². The maximum Gasteiger partial charge on any atom is 0.410 e. The highest BCUT2D eigenvalue weighted by Gasteiger charge is 2.31. The van der Waals surface area contributed by atoms with Crippen LogP contribution in [0.4, 0.5) is 4.79 Å². The van der Waals surface area contributed by atoms with E-state index in [0.29, 0.717) is 22.5 Å². The number of esters is 1. The Kier molecular flexibility index (Phi) is 11.4. The van der Waals surface area contributed by atoms with Gasteiger partial charge in [-0.15, -0.1) is 6.42 Å². The Morgan fingerprint density at radius 1 is 1.00 bits per heavy atom. The SMILES string of the molecule is C#CC(=C\C=C(/OC(=O)C1CCCCC1)OC1CCCCC1)/C(OC)=C(\COC(=O)N(C)C1CC1)C(=C)C. The van der Waals surface area contributed by atoms with Crippen LogP contribution in [0.25, 0.3) is 0 Å². The molecule has 7 nitrogen and oxygen atoms in total. The first kappa shape index (κ1) is 29.4. The molecular formula is C31H43NO6. The summed E-state index contributed by atoms with van der Waals surface area (Å²) in [7, 11) is 3.25. The number of nitrogens with zero attached hydrogens (tertiary/aromatic N) is 1. The lowest BCUT2D eigenvalue weighted by Crippen LogP contribution is -2.30. The summed E-state index contributed by atoms with van der Waals surface area (Å²) in [5, 5.41) is 0. The molecular weight excluding hydrogens is 482 g/mol. The van der Waals surface area contributed by atoms with E-state index < -0.39 is 6.09 Å². The molecule has 0 heterocycles. The monoisotopic (exact) mass is 525 g/mol. The second-order valence-corrected chi connectivity index (χ2v) is 10.5. The van der Waals surface area contributed by atoms with Crippen molar-refractivity contribution in [1.82, 2.24) is 4.90 Å². The Balaban J connectivity index is 1.82. The molecule has 208 valence electrons. The first-order valence-corrected chi connectivity index (χ1v) is 13.9. The van der Waals surface area contributed by atoms with Crippen LogP contribution >= 0.6 is 0 Å². The molecule has 0 aromatic rings. The van der Waals surface area contributed by atoms with Gasteiger partial charge in [0.2, 0.25) is 0 Å². The first-order valence-electron chi connectivity index (χ1n) is 13.9. The topological polar surface area (TPSA) is 74.3 Å². The van der Waals surface area contributed by atoms with Crippen molar-refractivity contribution in [3.05, 3.63) is 47.2 Å². The van der Waals surface area contributed by atoms with Crippen LogP contribution in [0.2, 0.25) is 0 Å². The lowest BCUT2D eigenvalue weighted by Gasteiger charge is -2.25. The fourth-order valence-corrected chi connectivity index (χ4v) is 4.93. The van der Waals surface area contributed by atoms with Crippen molar-refractivity contribution in [1.29, 1.82) is 0 Å². The van der Waals surface area contributed by atoms with Gasteiger partial charge in [0.15, 0.2) is 0 Å². The highest BCUT2D eigenvalue weighted by molar-refractivity contribution is 5.73. The van der Waals surface area contributed by atoms with Crippen LogP contribution in [-0.2, 0) is 23.7 Å². The molecule has 0 aliphatic heterocycles. The zero-order valence-electron chi connectivity index (χ0n) is 23.3. The van der Waals surface area contributed by atoms with Crippen LogP contribution < -0.4 is 0 Å². The molecule has 0 aromatic carbocycles. The van der Waals surface area contributed by atoms with Gasteiger partial charge in [-0.3, -0.25) is 4.79 Å².